The number of nitrogens with two attached hydrogens (primary N) is 2. The zero-order valence-electron chi connectivity index (χ0n) is 8.36. The highest BCUT2D eigenvalue weighted by Gasteiger charge is 2.12. The van der Waals surface area contributed by atoms with Crippen molar-refractivity contribution in [1.29, 1.82) is 5.26 Å². The minimum Gasteiger partial charge on any atom is -0.383 e. The third-order valence-electron chi connectivity index (χ3n) is 2.16. The first-order chi connectivity index (χ1) is 6.56. The number of hydrogen-bond acceptors (Lipinski definition) is 4. The highest BCUT2D eigenvalue weighted by atomic mass is 14.8. The van der Waals surface area contributed by atoms with Crippen molar-refractivity contribution in [2.45, 2.75) is 19.9 Å². The normalized spacial score (nSPS) is 12.5. The molecule has 0 aliphatic rings. The number of hydrogen-bond donors (Lipinski definition) is 2. The zero-order chi connectivity index (χ0) is 10.7. The van der Waals surface area contributed by atoms with Crippen LogP contribution in [-0.2, 0) is 0 Å². The third kappa shape index (κ3) is 2.01. The van der Waals surface area contributed by atoms with Gasteiger partial charge in [0, 0.05) is 12.2 Å². The lowest BCUT2D eigenvalue weighted by molar-refractivity contribution is 0.513. The Morgan fingerprint density at radius 2 is 2.14 bits per heavy atom. The molecule has 14 heavy (non-hydrogen) atoms. The largest absolute Gasteiger partial charge is 0.383 e. The molecule has 74 valence electrons. The summed E-state index contributed by atoms with van der Waals surface area (Å²) < 4.78 is 0. The fraction of sp³-hybridized carbons (Fsp3) is 0.400. The summed E-state index contributed by atoms with van der Waals surface area (Å²) in [5, 5.41) is 8.75. The van der Waals surface area contributed by atoms with Crippen LogP contribution in [0, 0.1) is 17.2 Å². The molecule has 1 heterocycles. The Morgan fingerprint density at radius 1 is 1.50 bits per heavy atom. The molecule has 1 atom stereocenters. The van der Waals surface area contributed by atoms with Gasteiger partial charge in [0.1, 0.15) is 11.9 Å². The number of aromatic nitrogens is 1. The van der Waals surface area contributed by atoms with Crippen LogP contribution in [0.5, 0.6) is 0 Å². The van der Waals surface area contributed by atoms with Crippen molar-refractivity contribution in [1.82, 2.24) is 4.98 Å². The molecule has 4 nitrogen and oxygen atoms in total. The molecular formula is C10H14N4. The molecule has 1 rings (SSSR count). The molecule has 0 bridgehead atoms. The van der Waals surface area contributed by atoms with Crippen molar-refractivity contribution >= 4 is 5.82 Å². The number of pyridine rings is 1. The van der Waals surface area contributed by atoms with Crippen LogP contribution in [0.4, 0.5) is 5.82 Å². The van der Waals surface area contributed by atoms with Crippen molar-refractivity contribution in [3.8, 4) is 6.07 Å². The molecule has 4 heteroatoms. The lowest BCUT2D eigenvalue weighted by Gasteiger charge is -2.15. The molecule has 0 aliphatic carbocycles. The van der Waals surface area contributed by atoms with Crippen molar-refractivity contribution in [2.24, 2.45) is 11.7 Å². The van der Waals surface area contributed by atoms with E-state index in [9.17, 15) is 0 Å². The Morgan fingerprint density at radius 3 is 2.64 bits per heavy atom. The predicted molar refractivity (Wildman–Crippen MR) is 55.1 cm³/mol. The zero-order valence-corrected chi connectivity index (χ0v) is 8.36. The Kier molecular flexibility index (Phi) is 3.05. The van der Waals surface area contributed by atoms with Gasteiger partial charge in [-0.05, 0) is 17.5 Å². The molecule has 0 spiro atoms. The number of nitrogen functional groups attached to an aromatic ring is 1. The highest BCUT2D eigenvalue weighted by Crippen LogP contribution is 2.20. The van der Waals surface area contributed by atoms with Crippen molar-refractivity contribution in [2.75, 3.05) is 5.73 Å². The van der Waals surface area contributed by atoms with E-state index in [1.165, 1.54) is 0 Å². The van der Waals surface area contributed by atoms with Gasteiger partial charge in [0.05, 0.1) is 5.56 Å². The van der Waals surface area contributed by atoms with E-state index in [4.69, 9.17) is 16.7 Å². The lowest BCUT2D eigenvalue weighted by Crippen LogP contribution is -2.17. The number of nitriles is 1. The summed E-state index contributed by atoms with van der Waals surface area (Å²) in [5.74, 6) is 0.569. The molecule has 0 saturated carbocycles. The van der Waals surface area contributed by atoms with Crippen molar-refractivity contribution in [3.05, 3.63) is 23.4 Å². The van der Waals surface area contributed by atoms with Crippen molar-refractivity contribution in [3.63, 3.8) is 0 Å². The van der Waals surface area contributed by atoms with E-state index in [0.717, 1.165) is 5.56 Å². The molecule has 1 aromatic heterocycles. The van der Waals surface area contributed by atoms with E-state index >= 15 is 0 Å². The Labute approximate surface area is 83.5 Å². The smallest absolute Gasteiger partial charge is 0.141 e. The summed E-state index contributed by atoms with van der Waals surface area (Å²) in [7, 11) is 0. The van der Waals surface area contributed by atoms with E-state index in [1.807, 2.05) is 19.9 Å². The Bertz CT molecular complexity index is 365. The molecule has 0 unspecified atom stereocenters. The Balaban J connectivity index is 3.08. The van der Waals surface area contributed by atoms with E-state index < -0.39 is 0 Å². The van der Waals surface area contributed by atoms with Gasteiger partial charge in [-0.15, -0.1) is 0 Å². The van der Waals surface area contributed by atoms with Gasteiger partial charge in [-0.3, -0.25) is 0 Å². The van der Waals surface area contributed by atoms with Gasteiger partial charge in [0.15, 0.2) is 0 Å². The SMILES string of the molecule is CC(C)[C@@H](N)c1cnc(N)c(C#N)c1. The van der Waals surface area contributed by atoms with Crippen LogP contribution in [0.1, 0.15) is 31.0 Å². The van der Waals surface area contributed by atoms with Crippen LogP contribution in [0.2, 0.25) is 0 Å². The topological polar surface area (TPSA) is 88.7 Å². The van der Waals surface area contributed by atoms with E-state index in [-0.39, 0.29) is 11.9 Å². The number of rotatable bonds is 2. The minimum atomic E-state index is -0.102. The second-order valence-corrected chi connectivity index (χ2v) is 3.58. The maximum absolute atomic E-state index is 8.75. The van der Waals surface area contributed by atoms with E-state index in [2.05, 4.69) is 4.98 Å². The molecule has 0 fully saturated rings. The lowest BCUT2D eigenvalue weighted by atomic mass is 9.97. The number of nitrogens with zero attached hydrogens (tertiary/aromatic N) is 2. The van der Waals surface area contributed by atoms with Gasteiger partial charge in [0.25, 0.3) is 0 Å². The molecule has 0 saturated heterocycles. The van der Waals surface area contributed by atoms with Crippen LogP contribution in [0.3, 0.4) is 0 Å². The van der Waals surface area contributed by atoms with Gasteiger partial charge in [0.2, 0.25) is 0 Å². The fourth-order valence-corrected chi connectivity index (χ4v) is 1.15. The number of anilines is 1. The first-order valence-electron chi connectivity index (χ1n) is 4.47. The van der Waals surface area contributed by atoms with Crippen LogP contribution in [0.25, 0.3) is 0 Å². The first-order valence-corrected chi connectivity index (χ1v) is 4.47. The molecule has 1 aromatic rings. The van der Waals surface area contributed by atoms with Crippen LogP contribution in [0.15, 0.2) is 12.3 Å². The van der Waals surface area contributed by atoms with Crippen molar-refractivity contribution < 1.29 is 0 Å². The van der Waals surface area contributed by atoms with Gasteiger partial charge in [-0.1, -0.05) is 13.8 Å². The molecular weight excluding hydrogens is 176 g/mol. The third-order valence-corrected chi connectivity index (χ3v) is 2.16. The summed E-state index contributed by atoms with van der Waals surface area (Å²) in [6.45, 7) is 4.04. The predicted octanol–water partition coefficient (Wildman–Crippen LogP) is 1.19. The van der Waals surface area contributed by atoms with E-state index in [1.54, 1.807) is 12.3 Å². The molecule has 0 radical (unpaired) electrons. The molecule has 0 aliphatic heterocycles. The van der Waals surface area contributed by atoms with Crippen LogP contribution >= 0.6 is 0 Å². The van der Waals surface area contributed by atoms with E-state index in [0.29, 0.717) is 11.5 Å². The fourth-order valence-electron chi connectivity index (χ4n) is 1.15. The maximum Gasteiger partial charge on any atom is 0.141 e. The second kappa shape index (κ2) is 4.07. The van der Waals surface area contributed by atoms with Crippen LogP contribution in [-0.4, -0.2) is 4.98 Å². The quantitative estimate of drug-likeness (QED) is 0.733. The first kappa shape index (κ1) is 10.5. The highest BCUT2D eigenvalue weighted by molar-refractivity contribution is 5.49. The maximum atomic E-state index is 8.75. The minimum absolute atomic E-state index is 0.102. The summed E-state index contributed by atoms with van der Waals surface area (Å²) in [5.41, 5.74) is 12.7. The standard InChI is InChI=1S/C10H14N4/c1-6(2)9(12)8-3-7(4-11)10(13)14-5-8/h3,5-6,9H,12H2,1-2H3,(H2,13,14)/t9-/m1/s1. The molecule has 4 N–H and O–H groups in total. The summed E-state index contributed by atoms with van der Waals surface area (Å²) in [4.78, 5) is 3.93. The average molecular weight is 190 g/mol. The van der Waals surface area contributed by atoms with Gasteiger partial charge in [-0.25, -0.2) is 4.98 Å². The summed E-state index contributed by atoms with van der Waals surface area (Å²) in [6, 6.07) is 3.59. The summed E-state index contributed by atoms with van der Waals surface area (Å²) in [6.07, 6.45) is 1.63. The summed E-state index contributed by atoms with van der Waals surface area (Å²) >= 11 is 0. The van der Waals surface area contributed by atoms with Gasteiger partial charge >= 0.3 is 0 Å². The molecule has 0 amide bonds. The Hall–Kier alpha value is -1.60. The average Bonchev–Trinajstić information content (AvgIpc) is 2.17. The van der Waals surface area contributed by atoms with Crippen LogP contribution < -0.4 is 11.5 Å². The second-order valence-electron chi connectivity index (χ2n) is 3.58. The molecule has 0 aromatic carbocycles. The van der Waals surface area contributed by atoms with Gasteiger partial charge in [-0.2, -0.15) is 5.26 Å². The van der Waals surface area contributed by atoms with Gasteiger partial charge < -0.3 is 11.5 Å². The monoisotopic (exact) mass is 190 g/mol.